The van der Waals surface area contributed by atoms with E-state index in [0.29, 0.717) is 18.3 Å². The lowest BCUT2D eigenvalue weighted by Crippen LogP contribution is -2.49. The van der Waals surface area contributed by atoms with E-state index in [0.717, 1.165) is 78.6 Å². The number of rotatable bonds is 6. The first-order valence-electron chi connectivity index (χ1n) is 14.2. The minimum Gasteiger partial charge on any atom is -0.497 e. The molecular weight excluding hydrogens is 504 g/mol. The van der Waals surface area contributed by atoms with Crippen LogP contribution >= 0.6 is 0 Å². The summed E-state index contributed by atoms with van der Waals surface area (Å²) in [7, 11) is 1.66. The highest BCUT2D eigenvalue weighted by Gasteiger charge is 2.32. The molecule has 2 fully saturated rings. The molecule has 2 aromatic carbocycles. The maximum atomic E-state index is 13.1. The van der Waals surface area contributed by atoms with Crippen molar-refractivity contribution < 1.29 is 14.3 Å². The fourth-order valence-electron chi connectivity index (χ4n) is 6.19. The Kier molecular flexibility index (Phi) is 6.29. The normalized spacial score (nSPS) is 18.9. The molecular formula is C31H34N6O3. The van der Waals surface area contributed by atoms with E-state index in [4.69, 9.17) is 14.5 Å². The Morgan fingerprint density at radius 3 is 2.58 bits per heavy atom. The molecule has 0 atom stereocenters. The molecule has 1 aromatic heterocycles. The summed E-state index contributed by atoms with van der Waals surface area (Å²) in [6.45, 7) is 4.41. The highest BCUT2D eigenvalue weighted by Crippen LogP contribution is 2.41. The molecule has 7 rings (SSSR count). The van der Waals surface area contributed by atoms with Crippen LogP contribution in [0.25, 0.3) is 0 Å². The summed E-state index contributed by atoms with van der Waals surface area (Å²) in [6.07, 6.45) is 7.59. The summed E-state index contributed by atoms with van der Waals surface area (Å²) in [5.74, 6) is 3.66. The minimum atomic E-state index is -0.0284. The Morgan fingerprint density at radius 2 is 1.77 bits per heavy atom. The van der Waals surface area contributed by atoms with E-state index >= 15 is 0 Å². The monoisotopic (exact) mass is 538 g/mol. The van der Waals surface area contributed by atoms with Gasteiger partial charge in [0.15, 0.2) is 0 Å². The van der Waals surface area contributed by atoms with Gasteiger partial charge in [-0.1, -0.05) is 0 Å². The van der Waals surface area contributed by atoms with Crippen LogP contribution in [0.15, 0.2) is 47.7 Å². The lowest BCUT2D eigenvalue weighted by molar-refractivity contribution is 0.177. The maximum absolute atomic E-state index is 13.1. The molecule has 2 amide bonds. The highest BCUT2D eigenvalue weighted by atomic mass is 16.5. The van der Waals surface area contributed by atoms with E-state index in [-0.39, 0.29) is 12.1 Å². The molecule has 40 heavy (non-hydrogen) atoms. The number of carbonyl (C=O) groups excluding carboxylic acids is 1. The molecule has 4 aliphatic rings. The van der Waals surface area contributed by atoms with E-state index in [2.05, 4.69) is 33.2 Å². The Labute approximate surface area is 234 Å². The first kappa shape index (κ1) is 24.9. The SMILES string of the molecule is COc1ccc2c(c1)CCN(C1CCN(c3cc(Oc4cc(C)c5c(c4)CC(C4CC4)=N5)ncn3)CC1)C(=O)N2. The Hall–Kier alpha value is -4.14. The number of methoxy groups -OCH3 is 1. The minimum absolute atomic E-state index is 0.0284. The molecule has 9 heteroatoms. The van der Waals surface area contributed by atoms with Gasteiger partial charge in [0.05, 0.1) is 12.8 Å². The number of nitrogens with one attached hydrogen (secondary N) is 1. The van der Waals surface area contributed by atoms with Crippen molar-refractivity contribution in [2.75, 3.05) is 37.0 Å². The zero-order valence-corrected chi connectivity index (χ0v) is 23.0. The second kappa shape index (κ2) is 10.1. The second-order valence-corrected chi connectivity index (χ2v) is 11.2. The third-order valence-electron chi connectivity index (χ3n) is 8.54. The van der Waals surface area contributed by atoms with Gasteiger partial charge in [0, 0.05) is 49.6 Å². The summed E-state index contributed by atoms with van der Waals surface area (Å²) >= 11 is 0. The van der Waals surface area contributed by atoms with Crippen molar-refractivity contribution in [3.8, 4) is 17.4 Å². The molecule has 206 valence electrons. The summed E-state index contributed by atoms with van der Waals surface area (Å²) in [4.78, 5) is 31.1. The van der Waals surface area contributed by atoms with Crippen LogP contribution in [0.2, 0.25) is 0 Å². The van der Waals surface area contributed by atoms with Crippen molar-refractivity contribution in [2.24, 2.45) is 10.9 Å². The van der Waals surface area contributed by atoms with E-state index < -0.39 is 0 Å². The van der Waals surface area contributed by atoms with Crippen molar-refractivity contribution in [1.29, 1.82) is 0 Å². The average Bonchev–Trinajstić information content (AvgIpc) is 3.75. The summed E-state index contributed by atoms with van der Waals surface area (Å²) < 4.78 is 11.6. The average molecular weight is 539 g/mol. The van der Waals surface area contributed by atoms with Crippen LogP contribution in [0.5, 0.6) is 17.4 Å². The van der Waals surface area contributed by atoms with Crippen molar-refractivity contribution in [2.45, 2.75) is 51.5 Å². The first-order chi connectivity index (χ1) is 19.5. The van der Waals surface area contributed by atoms with Gasteiger partial charge < -0.3 is 24.6 Å². The van der Waals surface area contributed by atoms with Crippen LogP contribution < -0.4 is 19.7 Å². The molecule has 0 bridgehead atoms. The van der Waals surface area contributed by atoms with Gasteiger partial charge in [0.2, 0.25) is 5.88 Å². The number of urea groups is 1. The number of aliphatic imine (C=N–C) groups is 1. The number of nitrogens with zero attached hydrogens (tertiary/aromatic N) is 5. The predicted molar refractivity (Wildman–Crippen MR) is 154 cm³/mol. The molecule has 1 saturated heterocycles. The number of fused-ring (bicyclic) bond motifs is 2. The quantitative estimate of drug-likeness (QED) is 0.434. The Balaban J connectivity index is 0.987. The fraction of sp³-hybridized carbons (Fsp3) is 0.419. The van der Waals surface area contributed by atoms with Gasteiger partial charge in [0.25, 0.3) is 0 Å². The summed E-state index contributed by atoms with van der Waals surface area (Å²) in [6, 6.07) is 12.0. The molecule has 4 heterocycles. The van der Waals surface area contributed by atoms with E-state index in [1.165, 1.54) is 24.1 Å². The van der Waals surface area contributed by atoms with Gasteiger partial charge in [-0.3, -0.25) is 4.99 Å². The first-order valence-corrected chi connectivity index (χ1v) is 14.2. The summed E-state index contributed by atoms with van der Waals surface area (Å²) in [5, 5.41) is 3.10. The standard InChI is InChI=1S/C31H34N6O3/c1-19-13-25(15-22-16-27(20-3-4-20)34-30(19)22)40-29-17-28(32-18-33-29)36-10-8-23(9-11-36)37-12-7-21-14-24(39-2)5-6-26(21)35-31(37)38/h5-6,13-15,17-18,20,23H,3-4,7-12,16H2,1-2H3,(H,35,38). The van der Waals surface area contributed by atoms with Crippen molar-refractivity contribution in [3.63, 3.8) is 0 Å². The number of ether oxygens (including phenoxy) is 2. The lowest BCUT2D eigenvalue weighted by Gasteiger charge is -2.38. The highest BCUT2D eigenvalue weighted by molar-refractivity contribution is 5.97. The number of aryl methyl sites for hydroxylation is 1. The van der Waals surface area contributed by atoms with Gasteiger partial charge in [0.1, 0.15) is 23.6 Å². The van der Waals surface area contributed by atoms with Crippen molar-refractivity contribution in [3.05, 3.63) is 59.4 Å². The third-order valence-corrected chi connectivity index (χ3v) is 8.54. The number of aromatic nitrogens is 2. The maximum Gasteiger partial charge on any atom is 0.322 e. The number of benzene rings is 2. The van der Waals surface area contributed by atoms with Gasteiger partial charge in [-0.2, -0.15) is 0 Å². The van der Waals surface area contributed by atoms with Gasteiger partial charge in [-0.25, -0.2) is 14.8 Å². The number of hydrogen-bond acceptors (Lipinski definition) is 7. The molecule has 0 spiro atoms. The number of anilines is 2. The molecule has 3 aliphatic heterocycles. The Morgan fingerprint density at radius 1 is 0.950 bits per heavy atom. The van der Waals surface area contributed by atoms with E-state index in [1.54, 1.807) is 13.4 Å². The van der Waals surface area contributed by atoms with Crippen LogP contribution in [0, 0.1) is 12.8 Å². The number of carbonyl (C=O) groups is 1. The smallest absolute Gasteiger partial charge is 0.322 e. The molecule has 3 aromatic rings. The van der Waals surface area contributed by atoms with Crippen LogP contribution in [0.3, 0.4) is 0 Å². The van der Waals surface area contributed by atoms with Crippen LogP contribution in [-0.4, -0.2) is 59.4 Å². The van der Waals surface area contributed by atoms with Crippen LogP contribution in [0.1, 0.15) is 42.4 Å². The summed E-state index contributed by atoms with van der Waals surface area (Å²) in [5.41, 5.74) is 6.80. The molecule has 0 unspecified atom stereocenters. The number of amides is 2. The predicted octanol–water partition coefficient (Wildman–Crippen LogP) is 5.68. The zero-order valence-electron chi connectivity index (χ0n) is 23.0. The largest absolute Gasteiger partial charge is 0.497 e. The molecule has 1 aliphatic carbocycles. The molecule has 0 radical (unpaired) electrons. The lowest BCUT2D eigenvalue weighted by atomic mass is 10.0. The van der Waals surface area contributed by atoms with E-state index in [1.807, 2.05) is 35.2 Å². The number of piperidine rings is 1. The molecule has 1 N–H and O–H groups in total. The number of hydrogen-bond donors (Lipinski definition) is 1. The fourth-order valence-corrected chi connectivity index (χ4v) is 6.19. The van der Waals surface area contributed by atoms with E-state index in [9.17, 15) is 4.79 Å². The van der Waals surface area contributed by atoms with Gasteiger partial charge in [-0.05, 0) is 92.0 Å². The Bertz CT molecular complexity index is 1490. The second-order valence-electron chi connectivity index (χ2n) is 11.2. The van der Waals surface area contributed by atoms with Crippen LogP contribution in [-0.2, 0) is 12.8 Å². The zero-order chi connectivity index (χ0) is 27.2. The van der Waals surface area contributed by atoms with Crippen LogP contribution in [0.4, 0.5) is 22.0 Å². The van der Waals surface area contributed by atoms with Gasteiger partial charge in [-0.15, -0.1) is 0 Å². The third kappa shape index (κ3) is 4.85. The van der Waals surface area contributed by atoms with Crippen molar-refractivity contribution >= 4 is 28.9 Å². The molecule has 1 saturated carbocycles. The van der Waals surface area contributed by atoms with Crippen molar-refractivity contribution in [1.82, 2.24) is 14.9 Å². The topological polar surface area (TPSA) is 92.2 Å². The van der Waals surface area contributed by atoms with Gasteiger partial charge >= 0.3 is 6.03 Å². The molecule has 9 nitrogen and oxygen atoms in total.